The van der Waals surface area contributed by atoms with Crippen LogP contribution in [-0.4, -0.2) is 23.5 Å². The van der Waals surface area contributed by atoms with Gasteiger partial charge in [-0.25, -0.2) is 0 Å². The van der Waals surface area contributed by atoms with Gasteiger partial charge >= 0.3 is 0 Å². The molecule has 0 aromatic heterocycles. The van der Waals surface area contributed by atoms with Crippen LogP contribution < -0.4 is 11.2 Å². The van der Waals surface area contributed by atoms with Crippen molar-refractivity contribution in [2.75, 3.05) is 0 Å². The molecule has 18 heavy (non-hydrogen) atoms. The van der Waals surface area contributed by atoms with Crippen LogP contribution in [0.15, 0.2) is 5.10 Å². The first-order valence-corrected chi connectivity index (χ1v) is 7.38. The largest absolute Gasteiger partial charge is 0.375 e. The van der Waals surface area contributed by atoms with Gasteiger partial charge < -0.3 is 10.5 Å². The van der Waals surface area contributed by atoms with E-state index < -0.39 is 0 Å². The Hall–Kier alpha value is -0.680. The number of nitrogens with zero attached hydrogens (tertiary/aromatic N) is 1. The van der Waals surface area contributed by atoms with Crippen molar-refractivity contribution >= 4 is 23.5 Å². The molecule has 2 saturated heterocycles. The number of nitrogens with one attached hydrogen (secondary N) is 1. The fourth-order valence-corrected chi connectivity index (χ4v) is 4.24. The molecule has 2 heterocycles. The first-order valence-electron chi connectivity index (χ1n) is 6.97. The Balaban J connectivity index is 1.84. The molecule has 5 heteroatoms. The van der Waals surface area contributed by atoms with E-state index in [9.17, 15) is 0 Å². The molecule has 0 spiro atoms. The molecule has 3 rings (SSSR count). The molecule has 3 aliphatic rings. The minimum atomic E-state index is 0.136. The Bertz CT molecular complexity index is 373. The minimum Gasteiger partial charge on any atom is -0.375 e. The molecule has 0 amide bonds. The maximum absolute atomic E-state index is 6.22. The maximum Gasteiger partial charge on any atom is 0.184 e. The van der Waals surface area contributed by atoms with Gasteiger partial charge in [-0.15, -0.1) is 0 Å². The van der Waals surface area contributed by atoms with Gasteiger partial charge in [0.1, 0.15) is 0 Å². The van der Waals surface area contributed by atoms with Gasteiger partial charge in [-0.3, -0.25) is 5.43 Å². The Morgan fingerprint density at radius 3 is 3.06 bits per heavy atom. The molecular formula is C13H21N3OS. The number of hydrogen-bond donors (Lipinski definition) is 2. The summed E-state index contributed by atoms with van der Waals surface area (Å²) in [5.74, 6) is 0.649. The average Bonchev–Trinajstić information content (AvgIpc) is 2.59. The molecule has 4 nitrogen and oxygen atoms in total. The summed E-state index contributed by atoms with van der Waals surface area (Å²) in [6.45, 7) is 0. The smallest absolute Gasteiger partial charge is 0.184 e. The highest BCUT2D eigenvalue weighted by atomic mass is 32.1. The summed E-state index contributed by atoms with van der Waals surface area (Å²) in [6, 6.07) is 0. The molecule has 1 aliphatic carbocycles. The average molecular weight is 267 g/mol. The standard InChI is InChI=1S/C13H21N3OS/c14-12(18)16-15-8-13-7-2-1-4-9(13)10-5-3-6-11(13)17-10/h8-11H,1-7H2,(H3,14,16,18)/b15-8+/t9-,10+,11-,13+/m1/s1. The number of thiocarbonyl (C=S) groups is 1. The highest BCUT2D eigenvalue weighted by Crippen LogP contribution is 2.55. The molecule has 3 N–H and O–H groups in total. The van der Waals surface area contributed by atoms with Crippen LogP contribution in [0.25, 0.3) is 0 Å². The summed E-state index contributed by atoms with van der Waals surface area (Å²) >= 11 is 4.80. The molecule has 100 valence electrons. The fraction of sp³-hybridized carbons (Fsp3) is 0.846. The van der Waals surface area contributed by atoms with Crippen LogP contribution >= 0.6 is 12.2 Å². The van der Waals surface area contributed by atoms with Crippen molar-refractivity contribution in [2.24, 2.45) is 22.2 Å². The summed E-state index contributed by atoms with van der Waals surface area (Å²) < 4.78 is 6.22. The third-order valence-electron chi connectivity index (χ3n) is 4.89. The SMILES string of the molecule is NC(=S)N/N=C/[C@@]12CCCC[C@@H]1[C@@H]1CCC[C@H]2O1. The van der Waals surface area contributed by atoms with E-state index in [0.29, 0.717) is 18.1 Å². The van der Waals surface area contributed by atoms with Crippen LogP contribution in [0.3, 0.4) is 0 Å². The fourth-order valence-electron chi connectivity index (χ4n) is 4.18. The van der Waals surface area contributed by atoms with E-state index >= 15 is 0 Å². The third-order valence-corrected chi connectivity index (χ3v) is 4.98. The lowest BCUT2D eigenvalue weighted by Crippen LogP contribution is -2.41. The molecule has 2 aliphatic heterocycles. The molecule has 0 radical (unpaired) electrons. The lowest BCUT2D eigenvalue weighted by Gasteiger charge is -2.38. The Labute approximate surface area is 113 Å². The van der Waals surface area contributed by atoms with Gasteiger partial charge in [-0.1, -0.05) is 12.8 Å². The van der Waals surface area contributed by atoms with Crippen LogP contribution in [0.4, 0.5) is 0 Å². The quantitative estimate of drug-likeness (QED) is 0.456. The monoisotopic (exact) mass is 267 g/mol. The van der Waals surface area contributed by atoms with E-state index in [4.69, 9.17) is 22.7 Å². The van der Waals surface area contributed by atoms with Crippen molar-refractivity contribution in [1.29, 1.82) is 0 Å². The van der Waals surface area contributed by atoms with Crippen LogP contribution in [0.2, 0.25) is 0 Å². The number of hydrogen-bond acceptors (Lipinski definition) is 3. The molecule has 2 bridgehead atoms. The van der Waals surface area contributed by atoms with Crippen molar-refractivity contribution in [2.45, 2.75) is 57.2 Å². The minimum absolute atomic E-state index is 0.136. The van der Waals surface area contributed by atoms with Crippen molar-refractivity contribution in [3.8, 4) is 0 Å². The van der Waals surface area contributed by atoms with Crippen molar-refractivity contribution in [3.05, 3.63) is 0 Å². The second-order valence-corrected chi connectivity index (χ2v) is 6.23. The van der Waals surface area contributed by atoms with E-state index in [1.54, 1.807) is 0 Å². The van der Waals surface area contributed by atoms with Crippen LogP contribution in [0.1, 0.15) is 44.9 Å². The molecule has 3 fully saturated rings. The Morgan fingerprint density at radius 2 is 2.22 bits per heavy atom. The third kappa shape index (κ3) is 1.93. The second-order valence-electron chi connectivity index (χ2n) is 5.79. The lowest BCUT2D eigenvalue weighted by atomic mass is 9.64. The Kier molecular flexibility index (Phi) is 3.28. The van der Waals surface area contributed by atoms with Gasteiger partial charge in [0, 0.05) is 11.6 Å². The highest BCUT2D eigenvalue weighted by Gasteiger charge is 2.57. The molecular weight excluding hydrogens is 246 g/mol. The van der Waals surface area contributed by atoms with Gasteiger partial charge in [-0.2, -0.15) is 5.10 Å². The van der Waals surface area contributed by atoms with E-state index in [1.165, 1.54) is 44.9 Å². The predicted octanol–water partition coefficient (Wildman–Crippen LogP) is 1.93. The normalized spacial score (nSPS) is 42.8. The molecule has 4 atom stereocenters. The van der Waals surface area contributed by atoms with E-state index in [1.807, 2.05) is 0 Å². The molecule has 0 aromatic carbocycles. The van der Waals surface area contributed by atoms with Crippen LogP contribution in [0.5, 0.6) is 0 Å². The van der Waals surface area contributed by atoms with Gasteiger partial charge in [0.05, 0.1) is 12.2 Å². The number of rotatable bonds is 2. The van der Waals surface area contributed by atoms with E-state index in [-0.39, 0.29) is 10.5 Å². The number of ether oxygens (including phenoxy) is 1. The zero-order valence-electron chi connectivity index (χ0n) is 10.6. The first-order chi connectivity index (χ1) is 8.72. The summed E-state index contributed by atoms with van der Waals surface area (Å²) in [5, 5.41) is 4.50. The second kappa shape index (κ2) is 4.78. The summed E-state index contributed by atoms with van der Waals surface area (Å²) in [5.41, 5.74) is 8.26. The van der Waals surface area contributed by atoms with Gasteiger partial charge in [0.2, 0.25) is 0 Å². The maximum atomic E-state index is 6.22. The molecule has 1 saturated carbocycles. The number of nitrogens with two attached hydrogens (primary N) is 1. The van der Waals surface area contributed by atoms with Crippen molar-refractivity contribution in [3.63, 3.8) is 0 Å². The zero-order chi connectivity index (χ0) is 12.6. The van der Waals surface area contributed by atoms with Crippen molar-refractivity contribution < 1.29 is 4.74 Å². The zero-order valence-corrected chi connectivity index (χ0v) is 11.4. The summed E-state index contributed by atoms with van der Waals surface area (Å²) in [7, 11) is 0. The predicted molar refractivity (Wildman–Crippen MR) is 75.3 cm³/mol. The first kappa shape index (κ1) is 12.4. The van der Waals surface area contributed by atoms with E-state index in [2.05, 4.69) is 16.7 Å². The van der Waals surface area contributed by atoms with Crippen LogP contribution in [-0.2, 0) is 4.74 Å². The van der Waals surface area contributed by atoms with E-state index in [0.717, 1.165) is 0 Å². The number of fused-ring (bicyclic) bond motifs is 5. The van der Waals surface area contributed by atoms with Crippen molar-refractivity contribution in [1.82, 2.24) is 5.43 Å². The highest BCUT2D eigenvalue weighted by molar-refractivity contribution is 7.80. The van der Waals surface area contributed by atoms with Crippen LogP contribution in [0, 0.1) is 11.3 Å². The molecule has 0 aromatic rings. The van der Waals surface area contributed by atoms with Gasteiger partial charge in [0.15, 0.2) is 5.11 Å². The lowest BCUT2D eigenvalue weighted by molar-refractivity contribution is -0.0144. The van der Waals surface area contributed by atoms with Gasteiger partial charge in [0.25, 0.3) is 0 Å². The molecule has 0 unspecified atom stereocenters. The summed E-state index contributed by atoms with van der Waals surface area (Å²) in [4.78, 5) is 0. The topological polar surface area (TPSA) is 59.6 Å². The van der Waals surface area contributed by atoms with Gasteiger partial charge in [-0.05, 0) is 50.2 Å². The summed E-state index contributed by atoms with van der Waals surface area (Å²) in [6.07, 6.45) is 11.7. The number of hydrazone groups is 1. The Morgan fingerprint density at radius 1 is 1.33 bits per heavy atom.